The van der Waals surface area contributed by atoms with Crippen molar-refractivity contribution in [3.05, 3.63) is 65.5 Å². The third-order valence-corrected chi connectivity index (χ3v) is 2.78. The molecule has 0 aliphatic carbocycles. The van der Waals surface area contributed by atoms with Crippen LogP contribution in [-0.2, 0) is 0 Å². The van der Waals surface area contributed by atoms with Crippen LogP contribution >= 0.6 is 0 Å². The molecule has 18 heavy (non-hydrogen) atoms. The lowest BCUT2D eigenvalue weighted by Crippen LogP contribution is -2.26. The number of nitrogens with zero attached hydrogens (tertiary/aromatic N) is 1. The fourth-order valence-electron chi connectivity index (χ4n) is 1.75. The van der Waals surface area contributed by atoms with Crippen molar-refractivity contribution in [1.82, 2.24) is 0 Å². The molecule has 0 aromatic heterocycles. The van der Waals surface area contributed by atoms with Crippen LogP contribution in [0, 0.1) is 12.7 Å². The first kappa shape index (κ1) is 12.3. The summed E-state index contributed by atoms with van der Waals surface area (Å²) in [5.74, 6) is -0.416. The zero-order valence-corrected chi connectivity index (χ0v) is 10.4. The lowest BCUT2D eigenvalue weighted by atomic mass is 10.1. The quantitative estimate of drug-likeness (QED) is 0.791. The van der Waals surface area contributed by atoms with E-state index in [1.807, 2.05) is 25.1 Å². The summed E-state index contributed by atoms with van der Waals surface area (Å²) in [6.45, 7) is 1.94. The fraction of sp³-hybridized carbons (Fsp3) is 0.133. The average molecular weight is 243 g/mol. The molecule has 0 saturated heterocycles. The molecule has 1 amide bonds. The Balaban J connectivity index is 2.26. The van der Waals surface area contributed by atoms with Crippen molar-refractivity contribution in [3.8, 4) is 0 Å². The summed E-state index contributed by atoms with van der Waals surface area (Å²) in [6, 6.07) is 13.3. The van der Waals surface area contributed by atoms with E-state index in [-0.39, 0.29) is 11.7 Å². The van der Waals surface area contributed by atoms with Crippen molar-refractivity contribution in [2.24, 2.45) is 0 Å². The van der Waals surface area contributed by atoms with Gasteiger partial charge in [0, 0.05) is 18.3 Å². The van der Waals surface area contributed by atoms with E-state index in [4.69, 9.17) is 0 Å². The molecule has 0 aliphatic rings. The molecule has 2 rings (SSSR count). The highest BCUT2D eigenvalue weighted by atomic mass is 19.1. The second kappa shape index (κ2) is 5.00. The molecular formula is C15H14FNO. The molecule has 2 nitrogen and oxygen atoms in total. The Hall–Kier alpha value is -2.16. The van der Waals surface area contributed by atoms with E-state index in [9.17, 15) is 9.18 Å². The van der Waals surface area contributed by atoms with Crippen LogP contribution in [0.3, 0.4) is 0 Å². The maximum Gasteiger partial charge on any atom is 0.258 e. The predicted octanol–water partition coefficient (Wildman–Crippen LogP) is 3.41. The highest BCUT2D eigenvalue weighted by Gasteiger charge is 2.13. The van der Waals surface area contributed by atoms with E-state index >= 15 is 0 Å². The molecule has 0 atom stereocenters. The monoisotopic (exact) mass is 243 g/mol. The topological polar surface area (TPSA) is 20.3 Å². The maximum absolute atomic E-state index is 12.8. The SMILES string of the molecule is Cc1cccc(C(=O)N(C)c2ccc(F)cc2)c1. The molecule has 3 heteroatoms. The van der Waals surface area contributed by atoms with Crippen LogP contribution in [-0.4, -0.2) is 13.0 Å². The number of halogens is 1. The van der Waals surface area contributed by atoms with Crippen LogP contribution in [0.4, 0.5) is 10.1 Å². The van der Waals surface area contributed by atoms with Crippen LogP contribution in [0.2, 0.25) is 0 Å². The molecule has 0 saturated carbocycles. The minimum atomic E-state index is -0.310. The van der Waals surface area contributed by atoms with Crippen molar-refractivity contribution in [3.63, 3.8) is 0 Å². The smallest absolute Gasteiger partial charge is 0.258 e. The molecule has 2 aromatic carbocycles. The van der Waals surface area contributed by atoms with Crippen molar-refractivity contribution in [2.75, 3.05) is 11.9 Å². The molecule has 0 radical (unpaired) electrons. The third-order valence-electron chi connectivity index (χ3n) is 2.78. The Morgan fingerprint density at radius 1 is 1.11 bits per heavy atom. The van der Waals surface area contributed by atoms with Crippen LogP contribution in [0.25, 0.3) is 0 Å². The minimum absolute atomic E-state index is 0.106. The lowest BCUT2D eigenvalue weighted by molar-refractivity contribution is 0.0993. The van der Waals surface area contributed by atoms with Gasteiger partial charge in [-0.05, 0) is 43.3 Å². The Morgan fingerprint density at radius 2 is 1.78 bits per heavy atom. The second-order valence-electron chi connectivity index (χ2n) is 4.21. The first-order chi connectivity index (χ1) is 8.58. The van der Waals surface area contributed by atoms with Gasteiger partial charge in [0.2, 0.25) is 0 Å². The number of anilines is 1. The maximum atomic E-state index is 12.8. The van der Waals surface area contributed by atoms with Gasteiger partial charge in [0.05, 0.1) is 0 Å². The fourth-order valence-corrected chi connectivity index (χ4v) is 1.75. The molecule has 0 unspecified atom stereocenters. The zero-order valence-electron chi connectivity index (χ0n) is 10.4. The van der Waals surface area contributed by atoms with Crippen molar-refractivity contribution in [2.45, 2.75) is 6.92 Å². The minimum Gasteiger partial charge on any atom is -0.311 e. The summed E-state index contributed by atoms with van der Waals surface area (Å²) in [4.78, 5) is 13.7. The van der Waals surface area contributed by atoms with Crippen LogP contribution in [0.1, 0.15) is 15.9 Å². The molecule has 0 aliphatic heterocycles. The Labute approximate surface area is 106 Å². The van der Waals surface area contributed by atoms with Gasteiger partial charge in [-0.2, -0.15) is 0 Å². The highest BCUT2D eigenvalue weighted by Crippen LogP contribution is 2.16. The van der Waals surface area contributed by atoms with Gasteiger partial charge in [0.1, 0.15) is 5.82 Å². The number of hydrogen-bond donors (Lipinski definition) is 0. The molecule has 0 heterocycles. The number of hydrogen-bond acceptors (Lipinski definition) is 1. The van der Waals surface area contributed by atoms with E-state index in [0.29, 0.717) is 11.3 Å². The third kappa shape index (κ3) is 2.56. The predicted molar refractivity (Wildman–Crippen MR) is 70.3 cm³/mol. The summed E-state index contributed by atoms with van der Waals surface area (Å²) >= 11 is 0. The van der Waals surface area contributed by atoms with Gasteiger partial charge < -0.3 is 4.90 Å². The normalized spacial score (nSPS) is 10.2. The van der Waals surface area contributed by atoms with Crippen LogP contribution in [0.15, 0.2) is 48.5 Å². The lowest BCUT2D eigenvalue weighted by Gasteiger charge is -2.17. The second-order valence-corrected chi connectivity index (χ2v) is 4.21. The highest BCUT2D eigenvalue weighted by molar-refractivity contribution is 6.05. The summed E-state index contributed by atoms with van der Waals surface area (Å²) in [5, 5.41) is 0. The average Bonchev–Trinajstić information content (AvgIpc) is 2.38. The molecular weight excluding hydrogens is 229 g/mol. The summed E-state index contributed by atoms with van der Waals surface area (Å²) in [7, 11) is 1.68. The van der Waals surface area contributed by atoms with Crippen molar-refractivity contribution < 1.29 is 9.18 Å². The first-order valence-corrected chi connectivity index (χ1v) is 5.68. The van der Waals surface area contributed by atoms with Crippen molar-refractivity contribution in [1.29, 1.82) is 0 Å². The Morgan fingerprint density at radius 3 is 2.39 bits per heavy atom. The van der Waals surface area contributed by atoms with E-state index in [2.05, 4.69) is 0 Å². The first-order valence-electron chi connectivity index (χ1n) is 5.68. The van der Waals surface area contributed by atoms with E-state index in [0.717, 1.165) is 5.56 Å². The van der Waals surface area contributed by atoms with Crippen LogP contribution < -0.4 is 4.90 Å². The summed E-state index contributed by atoms with van der Waals surface area (Å²) in [6.07, 6.45) is 0. The Kier molecular flexibility index (Phi) is 3.42. The number of aryl methyl sites for hydroxylation is 1. The largest absolute Gasteiger partial charge is 0.311 e. The molecule has 2 aromatic rings. The summed E-state index contributed by atoms with van der Waals surface area (Å²) < 4.78 is 12.8. The van der Waals surface area contributed by atoms with Gasteiger partial charge >= 0.3 is 0 Å². The number of amides is 1. The van der Waals surface area contributed by atoms with E-state index < -0.39 is 0 Å². The number of benzene rings is 2. The molecule has 92 valence electrons. The van der Waals surface area contributed by atoms with Gasteiger partial charge in [-0.1, -0.05) is 17.7 Å². The zero-order chi connectivity index (χ0) is 13.1. The molecule has 0 fully saturated rings. The van der Waals surface area contributed by atoms with E-state index in [1.54, 1.807) is 25.2 Å². The molecule has 0 spiro atoms. The number of carbonyl (C=O) groups excluding carboxylic acids is 1. The summed E-state index contributed by atoms with van der Waals surface area (Å²) in [5.41, 5.74) is 2.33. The van der Waals surface area contributed by atoms with Crippen molar-refractivity contribution >= 4 is 11.6 Å². The van der Waals surface area contributed by atoms with E-state index in [1.165, 1.54) is 17.0 Å². The standard InChI is InChI=1S/C15H14FNO/c1-11-4-3-5-12(10-11)15(18)17(2)14-8-6-13(16)7-9-14/h3-10H,1-2H3. The van der Waals surface area contributed by atoms with Gasteiger partial charge in [0.15, 0.2) is 0 Å². The number of carbonyl (C=O) groups is 1. The number of rotatable bonds is 2. The van der Waals surface area contributed by atoms with Gasteiger partial charge in [0.25, 0.3) is 5.91 Å². The van der Waals surface area contributed by atoms with Gasteiger partial charge in [-0.25, -0.2) is 4.39 Å². The van der Waals surface area contributed by atoms with Gasteiger partial charge in [-0.15, -0.1) is 0 Å². The van der Waals surface area contributed by atoms with Crippen LogP contribution in [0.5, 0.6) is 0 Å². The van der Waals surface area contributed by atoms with Gasteiger partial charge in [-0.3, -0.25) is 4.79 Å². The Bertz CT molecular complexity index is 563. The molecule has 0 bridgehead atoms. The molecule has 0 N–H and O–H groups in total.